The first-order valence-corrected chi connectivity index (χ1v) is 6.08. The molecule has 0 unspecified atom stereocenters. The smallest absolute Gasteiger partial charge is 0.319 e. The van der Waals surface area contributed by atoms with Crippen LogP contribution in [0.15, 0.2) is 18.2 Å². The van der Waals surface area contributed by atoms with Crippen molar-refractivity contribution in [1.82, 2.24) is 5.32 Å². The summed E-state index contributed by atoms with van der Waals surface area (Å²) in [7, 11) is 0. The molecule has 0 aliphatic heterocycles. The summed E-state index contributed by atoms with van der Waals surface area (Å²) in [6.45, 7) is 3.49. The fourth-order valence-corrected chi connectivity index (χ4v) is 1.36. The number of urea groups is 1. The summed E-state index contributed by atoms with van der Waals surface area (Å²) in [5, 5.41) is 4.57. The number of rotatable bonds is 5. The molecule has 0 aromatic heterocycles. The molecule has 1 aromatic rings. The van der Waals surface area contributed by atoms with Gasteiger partial charge >= 0.3 is 12.0 Å². The highest BCUT2D eigenvalue weighted by atomic mass is 19.1. The van der Waals surface area contributed by atoms with Gasteiger partial charge in [0.2, 0.25) is 0 Å². The number of carbonyl (C=O) groups excluding carboxylic acids is 2. The van der Waals surface area contributed by atoms with Crippen LogP contribution in [0.25, 0.3) is 0 Å². The average Bonchev–Trinajstić information content (AvgIpc) is 2.31. The predicted octanol–water partition coefficient (Wildman–Crippen LogP) is 2.43. The molecule has 0 spiro atoms. The summed E-state index contributed by atoms with van der Waals surface area (Å²) in [6, 6.07) is 2.11. The maximum atomic E-state index is 13.2. The van der Waals surface area contributed by atoms with Crippen LogP contribution in [0.3, 0.4) is 0 Å². The Morgan fingerprint density at radius 1 is 1.30 bits per heavy atom. The minimum atomic E-state index is -0.876. The summed E-state index contributed by atoms with van der Waals surface area (Å²) in [4.78, 5) is 22.6. The van der Waals surface area contributed by atoms with Crippen molar-refractivity contribution in [2.24, 2.45) is 0 Å². The fraction of sp³-hybridized carbons (Fsp3) is 0.385. The second kappa shape index (κ2) is 7.42. The topological polar surface area (TPSA) is 67.4 Å². The number of hydrogen-bond acceptors (Lipinski definition) is 3. The molecule has 2 N–H and O–H groups in total. The lowest BCUT2D eigenvalue weighted by Crippen LogP contribution is -2.31. The lowest BCUT2D eigenvalue weighted by Gasteiger charge is -2.09. The van der Waals surface area contributed by atoms with Crippen LogP contribution in [-0.4, -0.2) is 24.6 Å². The Morgan fingerprint density at radius 3 is 2.60 bits per heavy atom. The van der Waals surface area contributed by atoms with Gasteiger partial charge in [-0.1, -0.05) is 0 Å². The summed E-state index contributed by atoms with van der Waals surface area (Å²) in [6.07, 6.45) is -0.207. The van der Waals surface area contributed by atoms with Crippen LogP contribution in [0, 0.1) is 11.6 Å². The van der Waals surface area contributed by atoms with Crippen LogP contribution in [0.4, 0.5) is 19.3 Å². The third-order valence-corrected chi connectivity index (χ3v) is 2.16. The molecule has 0 saturated carbocycles. The maximum Gasteiger partial charge on any atom is 0.319 e. The van der Waals surface area contributed by atoms with E-state index in [1.807, 2.05) is 0 Å². The highest BCUT2D eigenvalue weighted by Crippen LogP contribution is 2.14. The second-order valence-corrected chi connectivity index (χ2v) is 4.29. The van der Waals surface area contributed by atoms with Crippen LogP contribution in [0.2, 0.25) is 0 Å². The van der Waals surface area contributed by atoms with Gasteiger partial charge in [-0.2, -0.15) is 0 Å². The van der Waals surface area contributed by atoms with Crippen molar-refractivity contribution < 1.29 is 23.1 Å². The van der Waals surface area contributed by atoms with Gasteiger partial charge in [-0.3, -0.25) is 4.79 Å². The van der Waals surface area contributed by atoms with Crippen molar-refractivity contribution in [3.8, 4) is 0 Å². The van der Waals surface area contributed by atoms with Gasteiger partial charge in [0.15, 0.2) is 0 Å². The van der Waals surface area contributed by atoms with Crippen LogP contribution in [-0.2, 0) is 9.53 Å². The van der Waals surface area contributed by atoms with Gasteiger partial charge in [-0.05, 0) is 26.0 Å². The van der Waals surface area contributed by atoms with E-state index >= 15 is 0 Å². The first kappa shape index (κ1) is 15.9. The van der Waals surface area contributed by atoms with Crippen LogP contribution in [0.5, 0.6) is 0 Å². The van der Waals surface area contributed by atoms with E-state index in [1.165, 1.54) is 0 Å². The quantitative estimate of drug-likeness (QED) is 0.817. The molecule has 7 heteroatoms. The van der Waals surface area contributed by atoms with E-state index in [2.05, 4.69) is 10.6 Å². The second-order valence-electron chi connectivity index (χ2n) is 4.29. The lowest BCUT2D eigenvalue weighted by atomic mass is 10.3. The zero-order chi connectivity index (χ0) is 15.1. The van der Waals surface area contributed by atoms with E-state index in [0.717, 1.165) is 12.1 Å². The van der Waals surface area contributed by atoms with E-state index < -0.39 is 23.6 Å². The summed E-state index contributed by atoms with van der Waals surface area (Å²) < 4.78 is 30.8. The first-order chi connectivity index (χ1) is 9.38. The third-order valence-electron chi connectivity index (χ3n) is 2.16. The Hall–Kier alpha value is -2.18. The lowest BCUT2D eigenvalue weighted by molar-refractivity contribution is -0.147. The van der Waals surface area contributed by atoms with Crippen LogP contribution in [0.1, 0.15) is 20.3 Å². The summed E-state index contributed by atoms with van der Waals surface area (Å²) >= 11 is 0. The Labute approximate surface area is 115 Å². The number of ether oxygens (including phenoxy) is 1. The van der Waals surface area contributed by atoms with Gasteiger partial charge in [0.25, 0.3) is 0 Å². The predicted molar refractivity (Wildman–Crippen MR) is 69.2 cm³/mol. The number of hydrogen-bond donors (Lipinski definition) is 2. The highest BCUT2D eigenvalue weighted by molar-refractivity contribution is 5.89. The number of nitrogens with one attached hydrogen (secondary N) is 2. The minimum Gasteiger partial charge on any atom is -0.463 e. The zero-order valence-corrected chi connectivity index (χ0v) is 11.2. The number of benzene rings is 1. The fourth-order valence-electron chi connectivity index (χ4n) is 1.36. The number of amides is 2. The summed E-state index contributed by atoms with van der Waals surface area (Å²) in [5.41, 5.74) is -0.145. The van der Waals surface area contributed by atoms with E-state index in [-0.39, 0.29) is 24.8 Å². The molecule has 2 amide bonds. The molecular weight excluding hydrogens is 270 g/mol. The maximum absolute atomic E-state index is 13.2. The van der Waals surface area contributed by atoms with Crippen molar-refractivity contribution in [3.05, 3.63) is 29.8 Å². The average molecular weight is 286 g/mol. The molecule has 1 aromatic carbocycles. The van der Waals surface area contributed by atoms with Crippen molar-refractivity contribution in [2.75, 3.05) is 11.9 Å². The summed E-state index contributed by atoms with van der Waals surface area (Å²) in [5.74, 6) is -2.04. The number of esters is 1. The van der Waals surface area contributed by atoms with Crippen molar-refractivity contribution >= 4 is 17.7 Å². The van der Waals surface area contributed by atoms with Crippen LogP contribution < -0.4 is 10.6 Å². The standard InChI is InChI=1S/C13H16F2N2O3/c1-8(2)20-12(18)5-6-16-13(19)17-11-4-3-9(14)7-10(11)15/h3-4,7-8H,5-6H2,1-2H3,(H2,16,17,19). The van der Waals surface area contributed by atoms with Gasteiger partial charge in [0, 0.05) is 12.6 Å². The molecule has 0 heterocycles. The SMILES string of the molecule is CC(C)OC(=O)CCNC(=O)Nc1ccc(F)cc1F. The minimum absolute atomic E-state index is 0.0114. The molecule has 0 radical (unpaired) electrons. The zero-order valence-electron chi connectivity index (χ0n) is 11.2. The van der Waals surface area contributed by atoms with E-state index in [4.69, 9.17) is 4.74 Å². The Bertz CT molecular complexity index is 493. The molecule has 0 fully saturated rings. The molecule has 5 nitrogen and oxygen atoms in total. The van der Waals surface area contributed by atoms with E-state index in [9.17, 15) is 18.4 Å². The Balaban J connectivity index is 2.35. The first-order valence-electron chi connectivity index (χ1n) is 6.08. The Morgan fingerprint density at radius 2 is 2.00 bits per heavy atom. The van der Waals surface area contributed by atoms with Crippen molar-refractivity contribution in [3.63, 3.8) is 0 Å². The monoisotopic (exact) mass is 286 g/mol. The Kier molecular flexibility index (Phi) is 5.89. The normalized spacial score (nSPS) is 10.2. The molecule has 0 bridgehead atoms. The molecule has 110 valence electrons. The molecule has 0 saturated heterocycles. The van der Waals surface area contributed by atoms with Gasteiger partial charge < -0.3 is 15.4 Å². The molecule has 0 atom stereocenters. The van der Waals surface area contributed by atoms with Crippen molar-refractivity contribution in [1.29, 1.82) is 0 Å². The number of carbonyl (C=O) groups is 2. The molecule has 20 heavy (non-hydrogen) atoms. The van der Waals surface area contributed by atoms with Gasteiger partial charge in [-0.15, -0.1) is 0 Å². The van der Waals surface area contributed by atoms with E-state index in [1.54, 1.807) is 13.8 Å². The molecule has 0 aliphatic rings. The molecule has 1 rings (SSSR count). The third kappa shape index (κ3) is 5.64. The number of anilines is 1. The largest absolute Gasteiger partial charge is 0.463 e. The van der Waals surface area contributed by atoms with E-state index in [0.29, 0.717) is 6.07 Å². The van der Waals surface area contributed by atoms with Gasteiger partial charge in [0.1, 0.15) is 11.6 Å². The van der Waals surface area contributed by atoms with Crippen LogP contribution >= 0.6 is 0 Å². The van der Waals surface area contributed by atoms with Crippen molar-refractivity contribution in [2.45, 2.75) is 26.4 Å². The molecule has 0 aliphatic carbocycles. The number of halogens is 2. The van der Waals surface area contributed by atoms with Gasteiger partial charge in [0.05, 0.1) is 18.2 Å². The van der Waals surface area contributed by atoms with Gasteiger partial charge in [-0.25, -0.2) is 13.6 Å². The highest BCUT2D eigenvalue weighted by Gasteiger charge is 2.09. The molecular formula is C13H16F2N2O3.